The van der Waals surface area contributed by atoms with Gasteiger partial charge < -0.3 is 10.2 Å². The first-order chi connectivity index (χ1) is 19.3. The van der Waals surface area contributed by atoms with Gasteiger partial charge in [0.25, 0.3) is 0 Å². The molecule has 3 aromatic rings. The van der Waals surface area contributed by atoms with Crippen molar-refractivity contribution < 1.29 is 18.0 Å². The Hall–Kier alpha value is -3.07. The van der Waals surface area contributed by atoms with Crippen molar-refractivity contribution >= 4 is 50.7 Å². The molecule has 0 saturated heterocycles. The van der Waals surface area contributed by atoms with E-state index < -0.39 is 28.5 Å². The van der Waals surface area contributed by atoms with E-state index >= 15 is 0 Å². The van der Waals surface area contributed by atoms with Crippen molar-refractivity contribution in [3.05, 3.63) is 99.0 Å². The lowest BCUT2D eigenvalue weighted by Crippen LogP contribution is -2.53. The fraction of sp³-hybridized carbons (Fsp3) is 0.355. The molecule has 0 aliphatic carbocycles. The number of carbonyl (C=O) groups is 2. The van der Waals surface area contributed by atoms with E-state index in [1.54, 1.807) is 31.2 Å². The number of aryl methyl sites for hydroxylation is 2. The average Bonchev–Trinajstić information content (AvgIpc) is 2.90. The zero-order valence-corrected chi connectivity index (χ0v) is 26.4. The minimum absolute atomic E-state index is 0.0889. The van der Waals surface area contributed by atoms with Crippen LogP contribution >= 0.6 is 23.2 Å². The monoisotopic (exact) mass is 617 g/mol. The number of anilines is 1. The highest BCUT2D eigenvalue weighted by molar-refractivity contribution is 7.92. The number of nitrogens with one attached hydrogen (secondary N) is 1. The Labute approximate surface area is 253 Å². The normalized spacial score (nSPS) is 12.2. The summed E-state index contributed by atoms with van der Waals surface area (Å²) in [6.07, 6.45) is 1.27. The van der Waals surface area contributed by atoms with Gasteiger partial charge >= 0.3 is 0 Å². The van der Waals surface area contributed by atoms with Crippen LogP contribution in [0.15, 0.2) is 66.7 Å². The van der Waals surface area contributed by atoms with Gasteiger partial charge in [-0.1, -0.05) is 85.6 Å². The Morgan fingerprint density at radius 3 is 2.15 bits per heavy atom. The molecule has 0 saturated carbocycles. The summed E-state index contributed by atoms with van der Waals surface area (Å²) < 4.78 is 27.1. The van der Waals surface area contributed by atoms with Gasteiger partial charge in [-0.05, 0) is 54.7 Å². The van der Waals surface area contributed by atoms with Crippen LogP contribution in [0.2, 0.25) is 10.0 Å². The maximum Gasteiger partial charge on any atom is 0.244 e. The summed E-state index contributed by atoms with van der Waals surface area (Å²) in [5.74, 6) is -0.729. The predicted molar refractivity (Wildman–Crippen MR) is 167 cm³/mol. The Balaban J connectivity index is 2.12. The largest absolute Gasteiger partial charge is 0.354 e. The van der Waals surface area contributed by atoms with Crippen LogP contribution in [0.1, 0.15) is 36.1 Å². The van der Waals surface area contributed by atoms with Gasteiger partial charge in [0.1, 0.15) is 12.6 Å². The van der Waals surface area contributed by atoms with Crippen molar-refractivity contribution in [2.24, 2.45) is 5.92 Å². The minimum atomic E-state index is -3.87. The maximum absolute atomic E-state index is 14.2. The fourth-order valence-corrected chi connectivity index (χ4v) is 5.83. The number of amides is 2. The van der Waals surface area contributed by atoms with Crippen molar-refractivity contribution in [2.45, 2.75) is 46.7 Å². The van der Waals surface area contributed by atoms with Gasteiger partial charge in [-0.3, -0.25) is 13.9 Å². The molecular formula is C31H37Cl2N3O4S. The van der Waals surface area contributed by atoms with Crippen LogP contribution in [0, 0.1) is 19.8 Å². The van der Waals surface area contributed by atoms with Crippen LogP contribution in [0.5, 0.6) is 0 Å². The quantitative estimate of drug-likeness (QED) is 0.279. The third-order valence-electron chi connectivity index (χ3n) is 6.66. The van der Waals surface area contributed by atoms with E-state index in [9.17, 15) is 18.0 Å². The molecule has 41 heavy (non-hydrogen) atoms. The minimum Gasteiger partial charge on any atom is -0.354 e. The molecule has 10 heteroatoms. The maximum atomic E-state index is 14.2. The highest BCUT2D eigenvalue weighted by Crippen LogP contribution is 2.29. The van der Waals surface area contributed by atoms with Gasteiger partial charge in [-0.15, -0.1) is 0 Å². The molecule has 0 heterocycles. The van der Waals surface area contributed by atoms with E-state index in [-0.39, 0.29) is 24.8 Å². The second-order valence-electron chi connectivity index (χ2n) is 10.6. The molecule has 3 aromatic carbocycles. The summed E-state index contributed by atoms with van der Waals surface area (Å²) in [4.78, 5) is 29.3. The zero-order chi connectivity index (χ0) is 30.3. The molecule has 0 unspecified atom stereocenters. The fourth-order valence-electron chi connectivity index (χ4n) is 4.41. The SMILES string of the molecule is Cc1ccc(C)c(N(CC(=O)N(Cc2c(Cl)cccc2Cl)[C@@H](Cc2ccccc2)C(=O)NCC(C)C)S(C)(=O)=O)c1. The molecule has 1 atom stereocenters. The lowest BCUT2D eigenvalue weighted by atomic mass is 10.0. The first kappa shape index (κ1) is 32.4. The van der Waals surface area contributed by atoms with E-state index in [1.165, 1.54) is 4.90 Å². The Bertz CT molecular complexity index is 1460. The molecule has 0 radical (unpaired) electrons. The Morgan fingerprint density at radius 2 is 1.56 bits per heavy atom. The Morgan fingerprint density at radius 1 is 0.927 bits per heavy atom. The van der Waals surface area contributed by atoms with Crippen molar-refractivity contribution in [3.63, 3.8) is 0 Å². The predicted octanol–water partition coefficient (Wildman–Crippen LogP) is 5.79. The second-order valence-corrected chi connectivity index (χ2v) is 13.3. The highest BCUT2D eigenvalue weighted by Gasteiger charge is 2.34. The van der Waals surface area contributed by atoms with E-state index in [1.807, 2.05) is 63.2 Å². The molecule has 0 aliphatic heterocycles. The van der Waals surface area contributed by atoms with Crippen LogP contribution in [-0.4, -0.2) is 50.5 Å². The van der Waals surface area contributed by atoms with Crippen molar-refractivity contribution in [1.82, 2.24) is 10.2 Å². The summed E-state index contributed by atoms with van der Waals surface area (Å²) in [5.41, 5.74) is 3.26. The molecule has 0 bridgehead atoms. The molecule has 2 amide bonds. The van der Waals surface area contributed by atoms with Crippen molar-refractivity contribution in [3.8, 4) is 0 Å². The first-order valence-corrected chi connectivity index (χ1v) is 16.0. The molecule has 3 rings (SSSR count). The first-order valence-electron chi connectivity index (χ1n) is 13.4. The standard InChI is InChI=1S/C31H37Cl2N3O4S/c1-21(2)18-34-31(38)29(17-24-10-7-6-8-11-24)35(19-25-26(32)12-9-13-27(25)33)30(37)20-36(41(5,39)40)28-16-22(3)14-15-23(28)4/h6-16,21,29H,17-20H2,1-5H3,(H,34,38)/t29-/m0/s1. The van der Waals surface area contributed by atoms with E-state index in [0.29, 0.717) is 33.4 Å². The summed E-state index contributed by atoms with van der Waals surface area (Å²) >= 11 is 13.0. The van der Waals surface area contributed by atoms with Gasteiger partial charge in [-0.2, -0.15) is 0 Å². The van der Waals surface area contributed by atoms with E-state index in [0.717, 1.165) is 21.7 Å². The van der Waals surface area contributed by atoms with Crippen LogP contribution in [-0.2, 0) is 32.6 Å². The van der Waals surface area contributed by atoms with E-state index in [2.05, 4.69) is 5.32 Å². The highest BCUT2D eigenvalue weighted by atomic mass is 35.5. The second kappa shape index (κ2) is 14.2. The zero-order valence-electron chi connectivity index (χ0n) is 24.0. The van der Waals surface area contributed by atoms with Crippen LogP contribution in [0.4, 0.5) is 5.69 Å². The lowest BCUT2D eigenvalue weighted by molar-refractivity contribution is -0.140. The summed E-state index contributed by atoms with van der Waals surface area (Å²) in [7, 11) is -3.87. The Kier molecular flexibility index (Phi) is 11.2. The summed E-state index contributed by atoms with van der Waals surface area (Å²) in [6, 6.07) is 18.8. The number of rotatable bonds is 12. The molecule has 1 N–H and O–H groups in total. The number of hydrogen-bond donors (Lipinski definition) is 1. The number of halogens is 2. The number of sulfonamides is 1. The lowest BCUT2D eigenvalue weighted by Gasteiger charge is -2.34. The van der Waals surface area contributed by atoms with Gasteiger partial charge in [0, 0.05) is 35.1 Å². The molecule has 220 valence electrons. The number of carbonyl (C=O) groups excluding carboxylic acids is 2. The van der Waals surface area contributed by atoms with Gasteiger partial charge in [0.15, 0.2) is 0 Å². The van der Waals surface area contributed by atoms with E-state index in [4.69, 9.17) is 23.2 Å². The van der Waals surface area contributed by atoms with Crippen LogP contribution in [0.3, 0.4) is 0 Å². The van der Waals surface area contributed by atoms with Gasteiger partial charge in [0.05, 0.1) is 11.9 Å². The number of benzene rings is 3. The van der Waals surface area contributed by atoms with Crippen molar-refractivity contribution in [2.75, 3.05) is 23.7 Å². The number of nitrogens with zero attached hydrogens (tertiary/aromatic N) is 2. The topological polar surface area (TPSA) is 86.8 Å². The molecule has 0 aliphatic rings. The smallest absolute Gasteiger partial charge is 0.244 e. The van der Waals surface area contributed by atoms with Crippen LogP contribution < -0.4 is 9.62 Å². The van der Waals surface area contributed by atoms with Crippen molar-refractivity contribution in [1.29, 1.82) is 0 Å². The summed E-state index contributed by atoms with van der Waals surface area (Å²) in [6.45, 7) is 7.42. The van der Waals surface area contributed by atoms with Crippen LogP contribution in [0.25, 0.3) is 0 Å². The van der Waals surface area contributed by atoms with Gasteiger partial charge in [-0.25, -0.2) is 8.42 Å². The summed E-state index contributed by atoms with van der Waals surface area (Å²) in [5, 5.41) is 3.63. The molecular weight excluding hydrogens is 581 g/mol. The van der Waals surface area contributed by atoms with Gasteiger partial charge in [0.2, 0.25) is 21.8 Å². The average molecular weight is 619 g/mol. The molecule has 0 aromatic heterocycles. The molecule has 0 spiro atoms. The number of hydrogen-bond acceptors (Lipinski definition) is 4. The third-order valence-corrected chi connectivity index (χ3v) is 8.49. The molecule has 7 nitrogen and oxygen atoms in total. The molecule has 0 fully saturated rings. The third kappa shape index (κ3) is 8.96.